The van der Waals surface area contributed by atoms with E-state index >= 15 is 0 Å². The molecule has 0 radical (unpaired) electrons. The predicted molar refractivity (Wildman–Crippen MR) is 133 cm³/mol. The average Bonchev–Trinajstić information content (AvgIpc) is 3.25. The molecule has 2 aromatic carbocycles. The maximum absolute atomic E-state index is 15.0. The number of piperidine rings is 1. The lowest BCUT2D eigenvalue weighted by molar-refractivity contribution is 0.0831. The van der Waals surface area contributed by atoms with Crippen molar-refractivity contribution < 1.29 is 14.2 Å². The molecule has 1 N–H and O–H groups in total. The second-order valence-electron chi connectivity index (χ2n) is 11.2. The largest absolute Gasteiger partial charge is 0.508 e. The number of nitrogens with zero attached hydrogens (tertiary/aromatic N) is 1. The molecule has 2 saturated carbocycles. The Morgan fingerprint density at radius 3 is 2.56 bits per heavy atom. The Balaban J connectivity index is 1.22. The first kappa shape index (κ1) is 22.4. The molecular formula is C30H38FNO2. The van der Waals surface area contributed by atoms with Crippen LogP contribution in [0.5, 0.6) is 11.5 Å². The number of ether oxygens (including phenoxy) is 1. The number of phenolic OH excluding ortho intramolecular Hbond substituents is 1. The summed E-state index contributed by atoms with van der Waals surface area (Å²) in [5.74, 6) is 3.29. The van der Waals surface area contributed by atoms with Gasteiger partial charge in [0.05, 0.1) is 0 Å². The lowest BCUT2D eigenvalue weighted by Crippen LogP contribution is -2.40. The molecule has 6 atom stereocenters. The fraction of sp³-hybridized carbons (Fsp3) is 0.600. The smallest absolute Gasteiger partial charge is 0.119 e. The van der Waals surface area contributed by atoms with Crippen molar-refractivity contribution in [2.45, 2.75) is 69.4 Å². The highest BCUT2D eigenvalue weighted by Crippen LogP contribution is 2.60. The molecule has 1 heterocycles. The second-order valence-corrected chi connectivity index (χ2v) is 11.2. The number of aromatic hydroxyl groups is 1. The van der Waals surface area contributed by atoms with Crippen molar-refractivity contribution in [1.29, 1.82) is 0 Å². The summed E-state index contributed by atoms with van der Waals surface area (Å²) in [5, 5.41) is 10.1. The first-order valence-corrected chi connectivity index (χ1v) is 13.6. The number of aryl methyl sites for hydroxylation is 1. The molecule has 6 rings (SSSR count). The highest BCUT2D eigenvalue weighted by molar-refractivity contribution is 5.43. The number of benzene rings is 2. The van der Waals surface area contributed by atoms with Crippen molar-refractivity contribution in [3.63, 3.8) is 0 Å². The van der Waals surface area contributed by atoms with Crippen molar-refractivity contribution >= 4 is 0 Å². The molecule has 3 nitrogen and oxygen atoms in total. The van der Waals surface area contributed by atoms with Gasteiger partial charge in [0.25, 0.3) is 0 Å². The molecule has 0 amide bonds. The number of phenols is 1. The first-order chi connectivity index (χ1) is 16.7. The highest BCUT2D eigenvalue weighted by Gasteiger charge is 2.52. The van der Waals surface area contributed by atoms with Gasteiger partial charge in [0.1, 0.15) is 24.3 Å². The zero-order valence-electron chi connectivity index (χ0n) is 20.2. The second kappa shape index (κ2) is 9.53. The van der Waals surface area contributed by atoms with Gasteiger partial charge in [-0.2, -0.15) is 0 Å². The van der Waals surface area contributed by atoms with Gasteiger partial charge in [-0.05, 0) is 129 Å². The molecule has 0 unspecified atom stereocenters. The minimum Gasteiger partial charge on any atom is -0.508 e. The fourth-order valence-electron chi connectivity index (χ4n) is 7.83. The molecular weight excluding hydrogens is 425 g/mol. The van der Waals surface area contributed by atoms with E-state index in [0.717, 1.165) is 51.0 Å². The van der Waals surface area contributed by atoms with E-state index in [0.29, 0.717) is 29.4 Å². The van der Waals surface area contributed by atoms with E-state index in [1.165, 1.54) is 49.0 Å². The average molecular weight is 464 g/mol. The number of halogens is 1. The lowest BCUT2D eigenvalue weighted by atomic mass is 9.55. The Morgan fingerprint density at radius 1 is 0.912 bits per heavy atom. The van der Waals surface area contributed by atoms with E-state index in [1.807, 2.05) is 12.1 Å². The maximum atomic E-state index is 15.0. The van der Waals surface area contributed by atoms with Crippen LogP contribution >= 0.6 is 0 Å². The van der Waals surface area contributed by atoms with Gasteiger partial charge in [-0.15, -0.1) is 0 Å². The van der Waals surface area contributed by atoms with Crippen LogP contribution in [0.15, 0.2) is 42.5 Å². The van der Waals surface area contributed by atoms with Crippen molar-refractivity contribution in [1.82, 2.24) is 4.90 Å². The van der Waals surface area contributed by atoms with Gasteiger partial charge in [-0.3, -0.25) is 4.90 Å². The molecule has 0 aromatic heterocycles. The standard InChI is InChI=1S/C30H38FNO2/c31-29-13-12-25-26-10-6-21-18-22(33)7-11-24(21)30(26)27(19-28(25)29)20-4-8-23(9-5-20)34-17-16-32-14-2-1-3-15-32/h4-5,7-9,11,18,25-30,33H,1-3,6,10,12-17,19H2/t25-,26-,27+,28-,29+,30+/m0/s1. The number of rotatable bonds is 5. The van der Waals surface area contributed by atoms with E-state index in [-0.39, 0.29) is 5.92 Å². The Bertz CT molecular complexity index is 986. The fourth-order valence-corrected chi connectivity index (χ4v) is 7.83. The zero-order valence-corrected chi connectivity index (χ0v) is 20.2. The van der Waals surface area contributed by atoms with E-state index < -0.39 is 6.17 Å². The molecule has 1 aliphatic heterocycles. The quantitative estimate of drug-likeness (QED) is 0.553. The van der Waals surface area contributed by atoms with Gasteiger partial charge < -0.3 is 9.84 Å². The van der Waals surface area contributed by atoms with E-state index in [9.17, 15) is 9.50 Å². The number of fused-ring (bicyclic) bond motifs is 5. The molecule has 3 aliphatic carbocycles. The topological polar surface area (TPSA) is 32.7 Å². The van der Waals surface area contributed by atoms with Crippen LogP contribution in [0.3, 0.4) is 0 Å². The Labute approximate surface area is 203 Å². The Kier molecular flexibility index (Phi) is 6.28. The van der Waals surface area contributed by atoms with Gasteiger partial charge >= 0.3 is 0 Å². The minimum absolute atomic E-state index is 0.199. The van der Waals surface area contributed by atoms with Gasteiger partial charge in [-0.1, -0.05) is 24.6 Å². The van der Waals surface area contributed by atoms with Crippen LogP contribution in [0.1, 0.15) is 73.5 Å². The van der Waals surface area contributed by atoms with Gasteiger partial charge in [0.2, 0.25) is 0 Å². The summed E-state index contributed by atoms with van der Waals surface area (Å²) >= 11 is 0. The SMILES string of the molecule is Oc1ccc2c(c1)CC[C@H]1[C@@H]3CC[C@@H](F)[C@H]3C[C@H](c3ccc(OCCN4CCCCC4)cc3)[C@H]21. The van der Waals surface area contributed by atoms with Gasteiger partial charge in [0.15, 0.2) is 0 Å². The van der Waals surface area contributed by atoms with Crippen LogP contribution in [0.25, 0.3) is 0 Å². The zero-order chi connectivity index (χ0) is 23.1. The highest BCUT2D eigenvalue weighted by atomic mass is 19.1. The Morgan fingerprint density at radius 2 is 1.74 bits per heavy atom. The lowest BCUT2D eigenvalue weighted by Gasteiger charge is -2.49. The van der Waals surface area contributed by atoms with E-state index in [2.05, 4.69) is 35.2 Å². The molecule has 1 saturated heterocycles. The van der Waals surface area contributed by atoms with Gasteiger partial charge in [-0.25, -0.2) is 4.39 Å². The number of alkyl halides is 1. The summed E-state index contributed by atoms with van der Waals surface area (Å²) in [4.78, 5) is 2.50. The molecule has 0 spiro atoms. The third kappa shape index (κ3) is 4.23. The van der Waals surface area contributed by atoms with Crippen LogP contribution in [0, 0.1) is 17.8 Å². The van der Waals surface area contributed by atoms with Crippen molar-refractivity contribution in [2.24, 2.45) is 17.8 Å². The maximum Gasteiger partial charge on any atom is 0.119 e. The molecule has 4 aliphatic rings. The third-order valence-electron chi connectivity index (χ3n) is 9.43. The minimum atomic E-state index is -0.646. The monoisotopic (exact) mass is 463 g/mol. The molecule has 3 fully saturated rings. The Hall–Kier alpha value is -2.07. The van der Waals surface area contributed by atoms with Crippen molar-refractivity contribution in [3.05, 3.63) is 59.2 Å². The number of hydrogen-bond acceptors (Lipinski definition) is 3. The molecule has 182 valence electrons. The van der Waals surface area contributed by atoms with E-state index in [4.69, 9.17) is 4.74 Å². The number of likely N-dealkylation sites (tertiary alicyclic amines) is 1. The predicted octanol–water partition coefficient (Wildman–Crippen LogP) is 6.45. The summed E-state index contributed by atoms with van der Waals surface area (Å²) in [7, 11) is 0. The van der Waals surface area contributed by atoms with Crippen LogP contribution in [0.4, 0.5) is 4.39 Å². The number of hydrogen-bond donors (Lipinski definition) is 1. The van der Waals surface area contributed by atoms with Crippen molar-refractivity contribution in [2.75, 3.05) is 26.2 Å². The summed E-state index contributed by atoms with van der Waals surface area (Å²) < 4.78 is 21.0. The normalized spacial score (nSPS) is 33.1. The molecule has 34 heavy (non-hydrogen) atoms. The third-order valence-corrected chi connectivity index (χ3v) is 9.43. The summed E-state index contributed by atoms with van der Waals surface area (Å²) in [5.41, 5.74) is 4.00. The molecule has 0 bridgehead atoms. The summed E-state index contributed by atoms with van der Waals surface area (Å²) in [6.45, 7) is 4.13. The van der Waals surface area contributed by atoms with Gasteiger partial charge in [0, 0.05) is 6.54 Å². The van der Waals surface area contributed by atoms with Crippen LogP contribution < -0.4 is 4.74 Å². The summed E-state index contributed by atoms with van der Waals surface area (Å²) in [6.07, 6.45) is 8.15. The van der Waals surface area contributed by atoms with E-state index in [1.54, 1.807) is 0 Å². The van der Waals surface area contributed by atoms with Crippen LogP contribution in [-0.2, 0) is 6.42 Å². The molecule has 4 heteroatoms. The van der Waals surface area contributed by atoms with Crippen LogP contribution in [-0.4, -0.2) is 42.4 Å². The van der Waals surface area contributed by atoms with Crippen molar-refractivity contribution in [3.8, 4) is 11.5 Å². The summed E-state index contributed by atoms with van der Waals surface area (Å²) in [6, 6.07) is 14.7. The first-order valence-electron chi connectivity index (χ1n) is 13.6. The molecule has 2 aromatic rings. The van der Waals surface area contributed by atoms with Crippen LogP contribution in [0.2, 0.25) is 0 Å².